The Morgan fingerprint density at radius 2 is 1.92 bits per heavy atom. The van der Waals surface area contributed by atoms with Gasteiger partial charge in [-0.1, -0.05) is 16.5 Å². The molecular formula is C23H24F2N10O2. The highest BCUT2D eigenvalue weighted by atomic mass is 19.1. The maximum atomic E-state index is 14.5. The molecule has 4 aromatic rings. The van der Waals surface area contributed by atoms with Crippen molar-refractivity contribution in [3.8, 4) is 0 Å². The fourth-order valence-corrected chi connectivity index (χ4v) is 3.30. The predicted octanol–water partition coefficient (Wildman–Crippen LogP) is 1.65. The monoisotopic (exact) mass is 510 g/mol. The van der Waals surface area contributed by atoms with Gasteiger partial charge in [-0.25, -0.2) is 13.5 Å². The van der Waals surface area contributed by atoms with E-state index in [9.17, 15) is 18.4 Å². The topological polar surface area (TPSA) is 145 Å². The molecule has 12 nitrogen and oxygen atoms in total. The number of carbonyl (C=O) groups excluding carboxylic acids is 2. The number of carbonyl (C=O) groups is 2. The highest BCUT2D eigenvalue weighted by molar-refractivity contribution is 5.92. The summed E-state index contributed by atoms with van der Waals surface area (Å²) in [4.78, 5) is 32.4. The second-order valence-corrected chi connectivity index (χ2v) is 8.23. The smallest absolute Gasteiger partial charge is 0.273 e. The van der Waals surface area contributed by atoms with Gasteiger partial charge in [0.1, 0.15) is 12.0 Å². The van der Waals surface area contributed by atoms with Crippen LogP contribution in [-0.2, 0) is 30.8 Å². The first-order valence-corrected chi connectivity index (χ1v) is 11.4. The molecule has 0 saturated heterocycles. The number of aromatic nitrogens is 8. The number of anilines is 1. The first kappa shape index (κ1) is 25.5. The van der Waals surface area contributed by atoms with Crippen molar-refractivity contribution in [2.75, 3.05) is 5.32 Å². The fourth-order valence-electron chi connectivity index (χ4n) is 3.30. The molecule has 0 aliphatic carbocycles. The molecule has 0 fully saturated rings. The molecule has 14 heteroatoms. The lowest BCUT2D eigenvalue weighted by Crippen LogP contribution is -2.24. The van der Waals surface area contributed by atoms with Gasteiger partial charge in [0.25, 0.3) is 5.91 Å². The van der Waals surface area contributed by atoms with Crippen molar-refractivity contribution in [3.63, 3.8) is 0 Å². The van der Waals surface area contributed by atoms with Crippen LogP contribution in [-0.4, -0.2) is 57.9 Å². The Morgan fingerprint density at radius 3 is 2.70 bits per heavy atom. The van der Waals surface area contributed by atoms with Crippen LogP contribution in [0.1, 0.15) is 33.9 Å². The second-order valence-electron chi connectivity index (χ2n) is 8.23. The first-order valence-electron chi connectivity index (χ1n) is 11.4. The lowest BCUT2D eigenvalue weighted by Gasteiger charge is -2.07. The average molecular weight is 511 g/mol. The van der Waals surface area contributed by atoms with E-state index in [1.54, 1.807) is 6.20 Å². The van der Waals surface area contributed by atoms with E-state index in [0.29, 0.717) is 0 Å². The van der Waals surface area contributed by atoms with Gasteiger partial charge in [-0.2, -0.15) is 0 Å². The van der Waals surface area contributed by atoms with Crippen LogP contribution in [0, 0.1) is 12.7 Å². The molecule has 4 heterocycles. The van der Waals surface area contributed by atoms with Crippen LogP contribution < -0.4 is 10.6 Å². The van der Waals surface area contributed by atoms with E-state index in [1.165, 1.54) is 40.1 Å². The summed E-state index contributed by atoms with van der Waals surface area (Å²) >= 11 is 0. The van der Waals surface area contributed by atoms with E-state index < -0.39 is 17.9 Å². The molecule has 0 bridgehead atoms. The summed E-state index contributed by atoms with van der Waals surface area (Å²) in [7, 11) is 0. The van der Waals surface area contributed by atoms with Crippen molar-refractivity contribution in [3.05, 3.63) is 77.5 Å². The minimum atomic E-state index is -1.29. The standard InChI is InChI=1S/C23H24F2N10O2/c1-15-4-5-16(10-27-15)9-22(36)29-21-14-35(33-31-21)12-17(24)6-8-34-13-20(30-32-34)23(37)28-11-19-18(25)3-2-7-26-19/h2-5,7,10,13-14,17H,6,8-9,11-12H2,1H3,(H,28,37)(H,29,36). The first-order chi connectivity index (χ1) is 17.9. The van der Waals surface area contributed by atoms with Crippen molar-refractivity contribution in [1.29, 1.82) is 0 Å². The van der Waals surface area contributed by atoms with E-state index in [0.717, 1.165) is 11.3 Å². The second kappa shape index (κ2) is 11.9. The van der Waals surface area contributed by atoms with Gasteiger partial charge >= 0.3 is 0 Å². The molecule has 0 aliphatic rings. The number of aryl methyl sites for hydroxylation is 2. The van der Waals surface area contributed by atoms with E-state index in [-0.39, 0.29) is 55.6 Å². The number of nitrogens with zero attached hydrogens (tertiary/aromatic N) is 8. The molecule has 37 heavy (non-hydrogen) atoms. The van der Waals surface area contributed by atoms with Crippen LogP contribution in [0.3, 0.4) is 0 Å². The van der Waals surface area contributed by atoms with Gasteiger partial charge in [0.05, 0.1) is 37.6 Å². The highest BCUT2D eigenvalue weighted by Crippen LogP contribution is 2.09. The Morgan fingerprint density at radius 1 is 1.08 bits per heavy atom. The molecule has 192 valence electrons. The Kier molecular flexibility index (Phi) is 8.18. The van der Waals surface area contributed by atoms with Crippen molar-refractivity contribution >= 4 is 17.6 Å². The zero-order valence-corrected chi connectivity index (χ0v) is 19.9. The van der Waals surface area contributed by atoms with Gasteiger partial charge in [-0.3, -0.25) is 24.2 Å². The molecule has 0 saturated carbocycles. The largest absolute Gasteiger partial charge is 0.345 e. The average Bonchev–Trinajstić information content (AvgIpc) is 3.53. The Bertz CT molecular complexity index is 1360. The van der Waals surface area contributed by atoms with Crippen molar-refractivity contribution in [2.45, 2.75) is 45.6 Å². The fraction of sp³-hybridized carbons (Fsp3) is 0.304. The maximum absolute atomic E-state index is 14.5. The summed E-state index contributed by atoms with van der Waals surface area (Å²) in [5, 5.41) is 20.4. The van der Waals surface area contributed by atoms with Gasteiger partial charge in [0.2, 0.25) is 5.91 Å². The number of hydrogen-bond acceptors (Lipinski definition) is 8. The Hall–Kier alpha value is -4.62. The van der Waals surface area contributed by atoms with Crippen LogP contribution in [0.2, 0.25) is 0 Å². The molecule has 2 amide bonds. The SMILES string of the molecule is Cc1ccc(CC(=O)Nc2cn(CC(F)CCn3cc(C(=O)NCc4ncccc4F)nn3)nn2)cn1. The van der Waals surface area contributed by atoms with Gasteiger partial charge in [-0.15, -0.1) is 10.2 Å². The number of hydrogen-bond donors (Lipinski definition) is 2. The van der Waals surface area contributed by atoms with Crippen molar-refractivity contribution in [2.24, 2.45) is 0 Å². The van der Waals surface area contributed by atoms with Crippen LogP contribution in [0.4, 0.5) is 14.6 Å². The molecule has 4 rings (SSSR count). The third-order valence-corrected chi connectivity index (χ3v) is 5.22. The van der Waals surface area contributed by atoms with Gasteiger partial charge in [0.15, 0.2) is 11.5 Å². The summed E-state index contributed by atoms with van der Waals surface area (Å²) < 4.78 is 30.8. The predicted molar refractivity (Wildman–Crippen MR) is 126 cm³/mol. The number of rotatable bonds is 11. The van der Waals surface area contributed by atoms with Crippen LogP contribution in [0.15, 0.2) is 49.1 Å². The molecule has 0 spiro atoms. The summed E-state index contributed by atoms with van der Waals surface area (Å²) in [6.07, 6.45) is 4.79. The van der Waals surface area contributed by atoms with Crippen LogP contribution in [0.25, 0.3) is 0 Å². The summed E-state index contributed by atoms with van der Waals surface area (Å²) in [6.45, 7) is 1.84. The lowest BCUT2D eigenvalue weighted by molar-refractivity contribution is -0.115. The molecule has 0 radical (unpaired) electrons. The molecule has 0 aromatic carbocycles. The molecular weight excluding hydrogens is 486 g/mol. The lowest BCUT2D eigenvalue weighted by atomic mass is 10.2. The van der Waals surface area contributed by atoms with Gasteiger partial charge < -0.3 is 10.6 Å². The van der Waals surface area contributed by atoms with E-state index in [4.69, 9.17) is 0 Å². The zero-order valence-electron chi connectivity index (χ0n) is 19.9. The molecule has 2 N–H and O–H groups in total. The van der Waals surface area contributed by atoms with E-state index in [1.807, 2.05) is 19.1 Å². The number of pyridine rings is 2. The third kappa shape index (κ3) is 7.43. The minimum absolute atomic E-state index is 0.0184. The quantitative estimate of drug-likeness (QED) is 0.310. The Balaban J connectivity index is 1.20. The van der Waals surface area contributed by atoms with E-state index in [2.05, 4.69) is 41.2 Å². The molecule has 4 aromatic heterocycles. The molecule has 0 aliphatic heterocycles. The van der Waals surface area contributed by atoms with Gasteiger partial charge in [0, 0.05) is 31.1 Å². The van der Waals surface area contributed by atoms with Crippen molar-refractivity contribution in [1.82, 2.24) is 45.3 Å². The van der Waals surface area contributed by atoms with Gasteiger partial charge in [-0.05, 0) is 30.7 Å². The van der Waals surface area contributed by atoms with E-state index >= 15 is 0 Å². The maximum Gasteiger partial charge on any atom is 0.273 e. The summed E-state index contributed by atoms with van der Waals surface area (Å²) in [5.74, 6) is -1.15. The zero-order chi connectivity index (χ0) is 26.2. The van der Waals surface area contributed by atoms with Crippen LogP contribution in [0.5, 0.6) is 0 Å². The normalized spacial score (nSPS) is 11.8. The minimum Gasteiger partial charge on any atom is -0.345 e. The molecule has 1 atom stereocenters. The summed E-state index contributed by atoms with van der Waals surface area (Å²) in [5.41, 5.74) is 1.74. The number of halogens is 2. The summed E-state index contributed by atoms with van der Waals surface area (Å²) in [6, 6.07) is 6.34. The Labute approximate surface area is 210 Å². The van der Waals surface area contributed by atoms with Crippen molar-refractivity contribution < 1.29 is 18.4 Å². The number of alkyl halides is 1. The number of nitrogens with one attached hydrogen (secondary N) is 2. The highest BCUT2D eigenvalue weighted by Gasteiger charge is 2.15. The van der Waals surface area contributed by atoms with Crippen LogP contribution >= 0.6 is 0 Å². The number of amides is 2. The third-order valence-electron chi connectivity index (χ3n) is 5.22. The molecule has 1 unspecified atom stereocenters.